The van der Waals surface area contributed by atoms with Crippen molar-refractivity contribution in [1.29, 1.82) is 0 Å². The van der Waals surface area contributed by atoms with Crippen LogP contribution in [-0.4, -0.2) is 11.1 Å². The molecular formula is C14H10F3NO2. The smallest absolute Gasteiger partial charge is 0.330 e. The third-order valence-electron chi connectivity index (χ3n) is 2.68. The molecule has 0 amide bonds. The first-order valence-electron chi connectivity index (χ1n) is 5.68. The lowest BCUT2D eigenvalue weighted by Gasteiger charge is -2.17. The van der Waals surface area contributed by atoms with Crippen molar-refractivity contribution < 1.29 is 23.1 Å². The van der Waals surface area contributed by atoms with Crippen LogP contribution in [0.3, 0.4) is 0 Å². The number of benzene rings is 2. The minimum absolute atomic E-state index is 0.322. The van der Waals surface area contributed by atoms with Crippen LogP contribution in [0.2, 0.25) is 0 Å². The highest BCUT2D eigenvalue weighted by atomic mass is 19.1. The van der Waals surface area contributed by atoms with Crippen molar-refractivity contribution in [2.45, 2.75) is 6.04 Å². The predicted molar refractivity (Wildman–Crippen MR) is 66.8 cm³/mol. The van der Waals surface area contributed by atoms with Gasteiger partial charge in [-0.25, -0.2) is 18.0 Å². The number of halogens is 3. The highest BCUT2D eigenvalue weighted by Crippen LogP contribution is 2.25. The van der Waals surface area contributed by atoms with E-state index in [1.54, 1.807) is 18.2 Å². The van der Waals surface area contributed by atoms with Crippen molar-refractivity contribution in [3.63, 3.8) is 0 Å². The zero-order valence-corrected chi connectivity index (χ0v) is 10.1. The lowest BCUT2D eigenvalue weighted by Crippen LogP contribution is -2.21. The van der Waals surface area contributed by atoms with E-state index < -0.39 is 35.2 Å². The van der Waals surface area contributed by atoms with Crippen LogP contribution in [0.1, 0.15) is 11.6 Å². The van der Waals surface area contributed by atoms with Crippen molar-refractivity contribution in [3.8, 4) is 0 Å². The molecule has 0 fully saturated rings. The number of aliphatic carboxylic acids is 1. The molecule has 2 N–H and O–H groups in total. The van der Waals surface area contributed by atoms with Gasteiger partial charge in [0.05, 0.1) is 0 Å². The summed E-state index contributed by atoms with van der Waals surface area (Å²) in [6, 6.07) is 7.52. The van der Waals surface area contributed by atoms with Crippen molar-refractivity contribution >= 4 is 11.7 Å². The van der Waals surface area contributed by atoms with E-state index >= 15 is 0 Å². The Bertz CT molecular complexity index is 609. The molecular weight excluding hydrogens is 271 g/mol. The van der Waals surface area contributed by atoms with Gasteiger partial charge in [-0.1, -0.05) is 30.3 Å². The summed E-state index contributed by atoms with van der Waals surface area (Å²) in [7, 11) is 0. The lowest BCUT2D eigenvalue weighted by molar-refractivity contribution is -0.138. The molecule has 2 aromatic carbocycles. The van der Waals surface area contributed by atoms with Crippen molar-refractivity contribution in [2.75, 3.05) is 5.32 Å². The number of nitrogens with one attached hydrogen (secondary N) is 1. The summed E-state index contributed by atoms with van der Waals surface area (Å²) in [5.74, 6) is -4.76. The Balaban J connectivity index is 2.38. The summed E-state index contributed by atoms with van der Waals surface area (Å²) in [5.41, 5.74) is -0.356. The molecule has 0 spiro atoms. The molecule has 2 aromatic rings. The van der Waals surface area contributed by atoms with E-state index in [-0.39, 0.29) is 0 Å². The van der Waals surface area contributed by atoms with Crippen LogP contribution >= 0.6 is 0 Å². The number of anilines is 1. The van der Waals surface area contributed by atoms with Gasteiger partial charge in [0.2, 0.25) is 0 Å². The first-order chi connectivity index (χ1) is 9.49. The summed E-state index contributed by atoms with van der Waals surface area (Å²) in [6.07, 6.45) is 0. The molecule has 0 aromatic heterocycles. The fourth-order valence-corrected chi connectivity index (χ4v) is 1.76. The number of hydrogen-bond acceptors (Lipinski definition) is 2. The zero-order valence-electron chi connectivity index (χ0n) is 10.1. The second-order valence-corrected chi connectivity index (χ2v) is 4.07. The average molecular weight is 281 g/mol. The van der Waals surface area contributed by atoms with E-state index in [1.165, 1.54) is 12.1 Å². The normalized spacial score (nSPS) is 11.9. The second-order valence-electron chi connectivity index (χ2n) is 4.07. The molecule has 0 aliphatic carbocycles. The summed E-state index contributed by atoms with van der Waals surface area (Å²) in [4.78, 5) is 11.2. The number of carbonyl (C=O) groups is 1. The van der Waals surface area contributed by atoms with E-state index in [2.05, 4.69) is 5.32 Å². The molecule has 104 valence electrons. The summed E-state index contributed by atoms with van der Waals surface area (Å²) >= 11 is 0. The molecule has 0 aliphatic heterocycles. The molecule has 1 unspecified atom stereocenters. The molecule has 6 heteroatoms. The Morgan fingerprint density at radius 1 is 1.05 bits per heavy atom. The summed E-state index contributed by atoms with van der Waals surface area (Å²) in [6.45, 7) is 0. The lowest BCUT2D eigenvalue weighted by atomic mass is 10.1. The van der Waals surface area contributed by atoms with Crippen LogP contribution in [0, 0.1) is 17.5 Å². The Morgan fingerprint density at radius 2 is 1.60 bits per heavy atom. The van der Waals surface area contributed by atoms with E-state index in [0.717, 1.165) is 0 Å². The maximum Gasteiger partial charge on any atom is 0.330 e. The molecule has 0 saturated carbocycles. The number of carboxylic acid groups (broad SMARTS) is 1. The Kier molecular flexibility index (Phi) is 3.93. The van der Waals surface area contributed by atoms with Crippen LogP contribution < -0.4 is 5.32 Å². The van der Waals surface area contributed by atoms with Gasteiger partial charge in [0.15, 0.2) is 17.7 Å². The molecule has 0 aliphatic rings. The fraction of sp³-hybridized carbons (Fsp3) is 0.0714. The number of carboxylic acids is 1. The van der Waals surface area contributed by atoms with Crippen molar-refractivity contribution in [1.82, 2.24) is 0 Å². The van der Waals surface area contributed by atoms with E-state index in [9.17, 15) is 18.0 Å². The maximum atomic E-state index is 13.5. The molecule has 2 rings (SSSR count). The number of rotatable bonds is 4. The van der Waals surface area contributed by atoms with Crippen LogP contribution in [0.15, 0.2) is 42.5 Å². The van der Waals surface area contributed by atoms with Gasteiger partial charge >= 0.3 is 5.97 Å². The van der Waals surface area contributed by atoms with Gasteiger partial charge in [0, 0.05) is 12.1 Å². The average Bonchev–Trinajstić information content (AvgIpc) is 2.38. The van der Waals surface area contributed by atoms with Gasteiger partial charge < -0.3 is 10.4 Å². The fourth-order valence-electron chi connectivity index (χ4n) is 1.76. The zero-order chi connectivity index (χ0) is 14.7. The van der Waals surface area contributed by atoms with Crippen LogP contribution in [0.5, 0.6) is 0 Å². The molecule has 0 bridgehead atoms. The highest BCUT2D eigenvalue weighted by Gasteiger charge is 2.23. The van der Waals surface area contributed by atoms with Gasteiger partial charge in [-0.3, -0.25) is 0 Å². The van der Waals surface area contributed by atoms with Crippen LogP contribution in [0.25, 0.3) is 0 Å². The van der Waals surface area contributed by atoms with E-state index in [0.29, 0.717) is 17.7 Å². The minimum Gasteiger partial charge on any atom is -0.479 e. The monoisotopic (exact) mass is 281 g/mol. The number of hydrogen-bond donors (Lipinski definition) is 2. The Labute approximate surface area is 112 Å². The van der Waals surface area contributed by atoms with E-state index in [1.807, 2.05) is 0 Å². The largest absolute Gasteiger partial charge is 0.479 e. The topological polar surface area (TPSA) is 49.3 Å². The van der Waals surface area contributed by atoms with Gasteiger partial charge in [0.1, 0.15) is 11.5 Å². The summed E-state index contributed by atoms with van der Waals surface area (Å²) in [5, 5.41) is 11.4. The third kappa shape index (κ3) is 2.90. The minimum atomic E-state index is -1.34. The first-order valence-corrected chi connectivity index (χ1v) is 5.68. The Morgan fingerprint density at radius 3 is 2.10 bits per heavy atom. The second kappa shape index (κ2) is 5.64. The first kappa shape index (κ1) is 13.9. The van der Waals surface area contributed by atoms with Crippen LogP contribution in [0.4, 0.5) is 18.9 Å². The van der Waals surface area contributed by atoms with Gasteiger partial charge in [-0.2, -0.15) is 0 Å². The SMILES string of the molecule is O=C(O)C(Nc1c(F)cc(F)cc1F)c1ccccc1. The third-order valence-corrected chi connectivity index (χ3v) is 2.68. The van der Waals surface area contributed by atoms with Crippen LogP contribution in [-0.2, 0) is 4.79 Å². The molecule has 0 saturated heterocycles. The van der Waals surface area contributed by atoms with Gasteiger partial charge in [-0.15, -0.1) is 0 Å². The highest BCUT2D eigenvalue weighted by molar-refractivity contribution is 5.79. The summed E-state index contributed by atoms with van der Waals surface area (Å²) < 4.78 is 39.8. The standard InChI is InChI=1S/C14H10F3NO2/c15-9-6-10(16)13(11(17)7-9)18-12(14(19)20)8-4-2-1-3-5-8/h1-7,12,18H,(H,19,20). The quantitative estimate of drug-likeness (QED) is 0.903. The molecule has 3 nitrogen and oxygen atoms in total. The predicted octanol–water partition coefficient (Wildman–Crippen LogP) is 3.34. The molecule has 20 heavy (non-hydrogen) atoms. The Hall–Kier alpha value is -2.50. The van der Waals surface area contributed by atoms with Crippen molar-refractivity contribution in [3.05, 3.63) is 65.5 Å². The van der Waals surface area contributed by atoms with Gasteiger partial charge in [-0.05, 0) is 5.56 Å². The van der Waals surface area contributed by atoms with Gasteiger partial charge in [0.25, 0.3) is 0 Å². The molecule has 0 heterocycles. The molecule has 1 atom stereocenters. The van der Waals surface area contributed by atoms with E-state index in [4.69, 9.17) is 5.11 Å². The maximum absolute atomic E-state index is 13.5. The molecule has 0 radical (unpaired) electrons. The van der Waals surface area contributed by atoms with Crippen molar-refractivity contribution in [2.24, 2.45) is 0 Å².